The SMILES string of the molecule is CC(C)(C)N(C(=O)O)c1cc(Br)c(Cl)c(C#N)c1. The Labute approximate surface area is 119 Å². The van der Waals surface area contributed by atoms with E-state index in [0.717, 1.165) is 0 Å². The molecule has 0 spiro atoms. The Morgan fingerprint density at radius 1 is 1.50 bits per heavy atom. The van der Waals surface area contributed by atoms with Gasteiger partial charge in [0.2, 0.25) is 0 Å². The number of hydrogen-bond donors (Lipinski definition) is 1. The van der Waals surface area contributed by atoms with Crippen LogP contribution in [0.4, 0.5) is 10.5 Å². The molecule has 1 aromatic rings. The van der Waals surface area contributed by atoms with Gasteiger partial charge in [0.25, 0.3) is 0 Å². The third kappa shape index (κ3) is 2.95. The summed E-state index contributed by atoms with van der Waals surface area (Å²) in [6.45, 7) is 5.32. The van der Waals surface area contributed by atoms with E-state index in [2.05, 4.69) is 15.9 Å². The summed E-state index contributed by atoms with van der Waals surface area (Å²) in [7, 11) is 0. The minimum Gasteiger partial charge on any atom is -0.465 e. The number of hydrogen-bond acceptors (Lipinski definition) is 2. The molecule has 0 atom stereocenters. The van der Waals surface area contributed by atoms with Gasteiger partial charge in [0.15, 0.2) is 0 Å². The van der Waals surface area contributed by atoms with E-state index in [-0.39, 0.29) is 10.6 Å². The van der Waals surface area contributed by atoms with Crippen molar-refractivity contribution < 1.29 is 9.90 Å². The van der Waals surface area contributed by atoms with Crippen LogP contribution in [0, 0.1) is 11.3 Å². The molecule has 6 heteroatoms. The highest BCUT2D eigenvalue weighted by atomic mass is 79.9. The number of amides is 1. The molecule has 0 bridgehead atoms. The van der Waals surface area contributed by atoms with E-state index in [9.17, 15) is 9.90 Å². The molecule has 0 heterocycles. The summed E-state index contributed by atoms with van der Waals surface area (Å²) in [6, 6.07) is 4.99. The lowest BCUT2D eigenvalue weighted by molar-refractivity contribution is 0.195. The van der Waals surface area contributed by atoms with Gasteiger partial charge in [-0.3, -0.25) is 4.90 Å². The van der Waals surface area contributed by atoms with E-state index in [0.29, 0.717) is 10.2 Å². The highest BCUT2D eigenvalue weighted by Crippen LogP contribution is 2.34. The molecule has 0 unspecified atom stereocenters. The Kier molecular flexibility index (Phi) is 4.25. The van der Waals surface area contributed by atoms with Crippen molar-refractivity contribution >= 4 is 39.3 Å². The predicted octanol–water partition coefficient (Wildman–Crippen LogP) is 4.26. The smallest absolute Gasteiger partial charge is 0.412 e. The second-order valence-corrected chi connectivity index (χ2v) is 5.92. The first-order valence-electron chi connectivity index (χ1n) is 5.10. The molecule has 18 heavy (non-hydrogen) atoms. The van der Waals surface area contributed by atoms with Crippen molar-refractivity contribution in [3.63, 3.8) is 0 Å². The quantitative estimate of drug-likeness (QED) is 0.836. The molecule has 1 N–H and O–H groups in total. The van der Waals surface area contributed by atoms with Gasteiger partial charge in [-0.15, -0.1) is 0 Å². The monoisotopic (exact) mass is 330 g/mol. The van der Waals surface area contributed by atoms with Crippen molar-refractivity contribution in [3.05, 3.63) is 27.2 Å². The van der Waals surface area contributed by atoms with Crippen LogP contribution in [0.2, 0.25) is 5.02 Å². The Morgan fingerprint density at radius 2 is 2.06 bits per heavy atom. The molecule has 0 aliphatic rings. The highest BCUT2D eigenvalue weighted by molar-refractivity contribution is 9.10. The van der Waals surface area contributed by atoms with E-state index in [1.807, 2.05) is 6.07 Å². The molecule has 1 rings (SSSR count). The van der Waals surface area contributed by atoms with Gasteiger partial charge in [-0.1, -0.05) is 11.6 Å². The van der Waals surface area contributed by atoms with Crippen molar-refractivity contribution in [1.82, 2.24) is 0 Å². The minimum absolute atomic E-state index is 0.233. The van der Waals surface area contributed by atoms with E-state index >= 15 is 0 Å². The number of rotatable bonds is 1. The molecule has 0 aromatic heterocycles. The summed E-state index contributed by atoms with van der Waals surface area (Å²) in [4.78, 5) is 12.5. The first kappa shape index (κ1) is 14.8. The summed E-state index contributed by atoms with van der Waals surface area (Å²) < 4.78 is 0.494. The molecule has 1 amide bonds. The molecular formula is C12H12BrClN2O2. The second kappa shape index (κ2) is 5.17. The maximum Gasteiger partial charge on any atom is 0.412 e. The summed E-state index contributed by atoms with van der Waals surface area (Å²) in [5.41, 5.74) is 0.0191. The van der Waals surface area contributed by atoms with Crippen LogP contribution in [0.15, 0.2) is 16.6 Å². The largest absolute Gasteiger partial charge is 0.465 e. The van der Waals surface area contributed by atoms with Crippen LogP contribution in [-0.2, 0) is 0 Å². The lowest BCUT2D eigenvalue weighted by Crippen LogP contribution is -2.45. The molecule has 96 valence electrons. The molecule has 0 saturated heterocycles. The Hall–Kier alpha value is -1.25. The van der Waals surface area contributed by atoms with E-state index in [1.54, 1.807) is 26.8 Å². The van der Waals surface area contributed by atoms with Crippen LogP contribution < -0.4 is 4.90 Å². The van der Waals surface area contributed by atoms with Gasteiger partial charge >= 0.3 is 6.09 Å². The first-order valence-corrected chi connectivity index (χ1v) is 6.28. The van der Waals surface area contributed by atoms with Crippen molar-refractivity contribution in [2.45, 2.75) is 26.3 Å². The molecule has 0 aliphatic carbocycles. The Balaban J connectivity index is 3.45. The third-order valence-corrected chi connectivity index (χ3v) is 3.51. The molecule has 1 aromatic carbocycles. The number of benzene rings is 1. The first-order chi connectivity index (χ1) is 8.18. The average molecular weight is 332 g/mol. The van der Waals surface area contributed by atoms with Crippen LogP contribution in [-0.4, -0.2) is 16.7 Å². The number of carbonyl (C=O) groups is 1. The summed E-state index contributed by atoms with van der Waals surface area (Å²) >= 11 is 9.15. The summed E-state index contributed by atoms with van der Waals surface area (Å²) in [6.07, 6.45) is -1.08. The Bertz CT molecular complexity index is 532. The van der Waals surface area contributed by atoms with Gasteiger partial charge < -0.3 is 5.11 Å². The lowest BCUT2D eigenvalue weighted by Gasteiger charge is -2.33. The molecule has 0 fully saturated rings. The van der Waals surface area contributed by atoms with Crippen molar-refractivity contribution in [3.8, 4) is 6.07 Å². The number of anilines is 1. The van der Waals surface area contributed by atoms with E-state index < -0.39 is 11.6 Å². The fraction of sp³-hybridized carbons (Fsp3) is 0.333. The number of halogens is 2. The number of carboxylic acid groups (broad SMARTS) is 1. The standard InChI is InChI=1S/C12H12BrClN2O2/c1-12(2,3)16(11(17)18)8-4-7(6-15)10(14)9(13)5-8/h4-5H,1-3H3,(H,17,18). The van der Waals surface area contributed by atoms with Crippen LogP contribution in [0.1, 0.15) is 26.3 Å². The topological polar surface area (TPSA) is 64.3 Å². The zero-order valence-electron chi connectivity index (χ0n) is 10.2. The molecule has 0 saturated carbocycles. The van der Waals surface area contributed by atoms with Crippen LogP contribution in [0.5, 0.6) is 0 Å². The Morgan fingerprint density at radius 3 is 2.44 bits per heavy atom. The van der Waals surface area contributed by atoms with E-state index in [4.69, 9.17) is 16.9 Å². The normalized spacial score (nSPS) is 10.9. The van der Waals surface area contributed by atoms with Crippen LogP contribution in [0.25, 0.3) is 0 Å². The van der Waals surface area contributed by atoms with Crippen molar-refractivity contribution in [1.29, 1.82) is 5.26 Å². The van der Waals surface area contributed by atoms with Crippen LogP contribution >= 0.6 is 27.5 Å². The molecule has 0 aliphatic heterocycles. The van der Waals surface area contributed by atoms with Crippen molar-refractivity contribution in [2.75, 3.05) is 4.90 Å². The zero-order valence-corrected chi connectivity index (χ0v) is 12.5. The summed E-state index contributed by atoms with van der Waals surface area (Å²) in [5.74, 6) is 0. The molecule has 0 radical (unpaired) electrons. The lowest BCUT2D eigenvalue weighted by atomic mass is 10.0. The molecule has 4 nitrogen and oxygen atoms in total. The maximum absolute atomic E-state index is 11.3. The predicted molar refractivity (Wildman–Crippen MR) is 74.1 cm³/mol. The highest BCUT2D eigenvalue weighted by Gasteiger charge is 2.28. The number of nitriles is 1. The third-order valence-electron chi connectivity index (χ3n) is 2.25. The number of nitrogens with zero attached hydrogens (tertiary/aromatic N) is 2. The van der Waals surface area contributed by atoms with E-state index in [1.165, 1.54) is 11.0 Å². The van der Waals surface area contributed by atoms with Gasteiger partial charge in [-0.05, 0) is 48.8 Å². The molecular weight excluding hydrogens is 320 g/mol. The van der Waals surface area contributed by atoms with Gasteiger partial charge in [-0.25, -0.2) is 4.79 Å². The maximum atomic E-state index is 11.3. The van der Waals surface area contributed by atoms with Crippen molar-refractivity contribution in [2.24, 2.45) is 0 Å². The summed E-state index contributed by atoms with van der Waals surface area (Å²) in [5, 5.41) is 18.5. The van der Waals surface area contributed by atoms with Gasteiger partial charge in [0.05, 0.1) is 16.3 Å². The fourth-order valence-electron chi connectivity index (χ4n) is 1.57. The van der Waals surface area contributed by atoms with Gasteiger partial charge in [-0.2, -0.15) is 5.26 Å². The van der Waals surface area contributed by atoms with Gasteiger partial charge in [0.1, 0.15) is 6.07 Å². The van der Waals surface area contributed by atoms with Crippen LogP contribution in [0.3, 0.4) is 0 Å². The average Bonchev–Trinajstić information content (AvgIpc) is 2.20. The minimum atomic E-state index is -1.08. The second-order valence-electron chi connectivity index (χ2n) is 4.69. The van der Waals surface area contributed by atoms with Gasteiger partial charge in [0, 0.05) is 10.0 Å². The zero-order chi connectivity index (χ0) is 14.1. The fourth-order valence-corrected chi connectivity index (χ4v) is 2.17.